The van der Waals surface area contributed by atoms with Gasteiger partial charge in [0.2, 0.25) is 0 Å². The SMILES string of the molecule is CO/N=C(C)/C=C(\F)c1ccccc1. The van der Waals surface area contributed by atoms with E-state index in [-0.39, 0.29) is 5.83 Å². The van der Waals surface area contributed by atoms with Gasteiger partial charge in [-0.25, -0.2) is 4.39 Å². The molecule has 1 aromatic carbocycles. The van der Waals surface area contributed by atoms with Crippen LogP contribution in [0.4, 0.5) is 4.39 Å². The van der Waals surface area contributed by atoms with Crippen molar-refractivity contribution in [2.24, 2.45) is 5.16 Å². The number of hydrogen-bond donors (Lipinski definition) is 0. The van der Waals surface area contributed by atoms with Gasteiger partial charge in [-0.2, -0.15) is 0 Å². The Balaban J connectivity index is 2.85. The van der Waals surface area contributed by atoms with E-state index in [1.807, 2.05) is 6.07 Å². The number of hydrogen-bond acceptors (Lipinski definition) is 2. The largest absolute Gasteiger partial charge is 0.399 e. The molecule has 0 aliphatic carbocycles. The van der Waals surface area contributed by atoms with Gasteiger partial charge in [0.05, 0.1) is 5.71 Å². The van der Waals surface area contributed by atoms with Crippen molar-refractivity contribution in [2.45, 2.75) is 6.92 Å². The van der Waals surface area contributed by atoms with Gasteiger partial charge >= 0.3 is 0 Å². The molecule has 0 fully saturated rings. The molecule has 0 saturated heterocycles. The van der Waals surface area contributed by atoms with Gasteiger partial charge in [0.15, 0.2) is 0 Å². The molecule has 0 bridgehead atoms. The van der Waals surface area contributed by atoms with E-state index in [1.165, 1.54) is 13.2 Å². The fraction of sp³-hybridized carbons (Fsp3) is 0.182. The predicted octanol–water partition coefficient (Wildman–Crippen LogP) is 3.02. The number of rotatable bonds is 3. The normalized spacial score (nSPS) is 12.8. The quantitative estimate of drug-likeness (QED) is 0.534. The summed E-state index contributed by atoms with van der Waals surface area (Å²) < 4.78 is 13.4. The van der Waals surface area contributed by atoms with Gasteiger partial charge in [0.25, 0.3) is 0 Å². The molecule has 0 aromatic heterocycles. The smallest absolute Gasteiger partial charge is 0.132 e. The highest BCUT2D eigenvalue weighted by Crippen LogP contribution is 2.14. The number of nitrogens with zero attached hydrogens (tertiary/aromatic N) is 1. The Labute approximate surface area is 82.7 Å². The van der Waals surface area contributed by atoms with Gasteiger partial charge in [-0.05, 0) is 13.0 Å². The molecule has 74 valence electrons. The molecule has 14 heavy (non-hydrogen) atoms. The molecule has 0 spiro atoms. The molecule has 0 heterocycles. The molecular formula is C11H12FNO. The standard InChI is InChI=1S/C11H12FNO/c1-9(13-14-2)8-11(12)10-6-4-3-5-7-10/h3-8H,1-2H3/b11-8-,13-9+. The maximum Gasteiger partial charge on any atom is 0.132 e. The van der Waals surface area contributed by atoms with E-state index in [0.29, 0.717) is 11.3 Å². The fourth-order valence-corrected chi connectivity index (χ4v) is 1.03. The van der Waals surface area contributed by atoms with Crippen LogP contribution in [-0.4, -0.2) is 12.8 Å². The van der Waals surface area contributed by atoms with E-state index >= 15 is 0 Å². The van der Waals surface area contributed by atoms with Crippen LogP contribution in [0.15, 0.2) is 41.6 Å². The third-order valence-corrected chi connectivity index (χ3v) is 1.62. The van der Waals surface area contributed by atoms with E-state index in [4.69, 9.17) is 0 Å². The van der Waals surface area contributed by atoms with Crippen molar-refractivity contribution in [2.75, 3.05) is 7.11 Å². The second kappa shape index (κ2) is 5.17. The lowest BCUT2D eigenvalue weighted by atomic mass is 10.2. The molecule has 0 aliphatic heterocycles. The van der Waals surface area contributed by atoms with Crippen molar-refractivity contribution in [1.29, 1.82) is 0 Å². The van der Waals surface area contributed by atoms with Crippen molar-refractivity contribution in [3.63, 3.8) is 0 Å². The zero-order chi connectivity index (χ0) is 10.4. The molecule has 1 aromatic rings. The van der Waals surface area contributed by atoms with Gasteiger partial charge in [-0.1, -0.05) is 35.5 Å². The average molecular weight is 193 g/mol. The highest BCUT2D eigenvalue weighted by molar-refractivity contribution is 5.97. The number of benzene rings is 1. The van der Waals surface area contributed by atoms with Crippen molar-refractivity contribution in [3.05, 3.63) is 42.0 Å². The van der Waals surface area contributed by atoms with E-state index in [1.54, 1.807) is 31.2 Å². The van der Waals surface area contributed by atoms with E-state index < -0.39 is 0 Å². The molecule has 0 atom stereocenters. The minimum atomic E-state index is -0.316. The monoisotopic (exact) mass is 193 g/mol. The maximum absolute atomic E-state index is 13.4. The molecule has 3 heteroatoms. The van der Waals surface area contributed by atoms with E-state index in [0.717, 1.165) is 0 Å². The van der Waals surface area contributed by atoms with Gasteiger partial charge in [-0.15, -0.1) is 0 Å². The summed E-state index contributed by atoms with van der Waals surface area (Å²) in [6.45, 7) is 1.67. The van der Waals surface area contributed by atoms with Crippen LogP contribution in [0.3, 0.4) is 0 Å². The van der Waals surface area contributed by atoms with Crippen LogP contribution in [-0.2, 0) is 4.84 Å². The molecule has 2 nitrogen and oxygen atoms in total. The first-order valence-corrected chi connectivity index (χ1v) is 4.24. The lowest BCUT2D eigenvalue weighted by Gasteiger charge is -1.96. The molecule has 0 radical (unpaired) electrons. The molecule has 1 rings (SSSR count). The summed E-state index contributed by atoms with van der Waals surface area (Å²) in [7, 11) is 1.43. The molecule has 0 N–H and O–H groups in total. The van der Waals surface area contributed by atoms with Crippen LogP contribution in [0.25, 0.3) is 5.83 Å². The minimum Gasteiger partial charge on any atom is -0.399 e. The Morgan fingerprint density at radius 2 is 2.00 bits per heavy atom. The van der Waals surface area contributed by atoms with Crippen LogP contribution in [0.2, 0.25) is 0 Å². The Morgan fingerprint density at radius 3 is 2.57 bits per heavy atom. The molecule has 0 amide bonds. The summed E-state index contributed by atoms with van der Waals surface area (Å²) in [5, 5.41) is 3.59. The van der Waals surface area contributed by atoms with Crippen molar-refractivity contribution >= 4 is 11.5 Å². The summed E-state index contributed by atoms with van der Waals surface area (Å²) in [5.74, 6) is -0.316. The maximum atomic E-state index is 13.4. The summed E-state index contributed by atoms with van der Waals surface area (Å²) >= 11 is 0. The lowest BCUT2D eigenvalue weighted by molar-refractivity contribution is 0.213. The Bertz CT molecular complexity index is 344. The summed E-state index contributed by atoms with van der Waals surface area (Å²) in [6, 6.07) is 8.81. The number of halogens is 1. The first-order valence-electron chi connectivity index (χ1n) is 4.24. The Hall–Kier alpha value is -1.64. The van der Waals surface area contributed by atoms with Crippen molar-refractivity contribution in [3.8, 4) is 0 Å². The molecule has 0 aliphatic rings. The summed E-state index contributed by atoms with van der Waals surface area (Å²) in [6.07, 6.45) is 1.33. The summed E-state index contributed by atoms with van der Waals surface area (Å²) in [5.41, 5.74) is 1.03. The topological polar surface area (TPSA) is 21.6 Å². The van der Waals surface area contributed by atoms with Crippen LogP contribution in [0.1, 0.15) is 12.5 Å². The van der Waals surface area contributed by atoms with E-state index in [9.17, 15) is 4.39 Å². The third-order valence-electron chi connectivity index (χ3n) is 1.62. The zero-order valence-corrected chi connectivity index (χ0v) is 8.20. The second-order valence-corrected chi connectivity index (χ2v) is 2.77. The Morgan fingerprint density at radius 1 is 1.36 bits per heavy atom. The van der Waals surface area contributed by atoms with Gasteiger partial charge in [0, 0.05) is 5.56 Å². The third kappa shape index (κ3) is 3.01. The van der Waals surface area contributed by atoms with Crippen LogP contribution in [0, 0.1) is 0 Å². The first kappa shape index (κ1) is 10.4. The highest BCUT2D eigenvalue weighted by atomic mass is 19.1. The fourth-order valence-electron chi connectivity index (χ4n) is 1.03. The summed E-state index contributed by atoms with van der Waals surface area (Å²) in [4.78, 5) is 4.52. The number of allylic oxidation sites excluding steroid dienone is 1. The van der Waals surface area contributed by atoms with Gasteiger partial charge < -0.3 is 4.84 Å². The predicted molar refractivity (Wildman–Crippen MR) is 55.6 cm³/mol. The van der Waals surface area contributed by atoms with Crippen LogP contribution in [0.5, 0.6) is 0 Å². The lowest BCUT2D eigenvalue weighted by Crippen LogP contribution is -1.87. The van der Waals surface area contributed by atoms with Gasteiger partial charge in [0.1, 0.15) is 12.9 Å². The first-order chi connectivity index (χ1) is 6.74. The second-order valence-electron chi connectivity index (χ2n) is 2.77. The number of oxime groups is 1. The van der Waals surface area contributed by atoms with Crippen LogP contribution < -0.4 is 0 Å². The highest BCUT2D eigenvalue weighted by Gasteiger charge is 1.98. The molecule has 0 unspecified atom stereocenters. The zero-order valence-electron chi connectivity index (χ0n) is 8.20. The Kier molecular flexibility index (Phi) is 3.85. The van der Waals surface area contributed by atoms with Gasteiger partial charge in [-0.3, -0.25) is 0 Å². The van der Waals surface area contributed by atoms with Crippen LogP contribution >= 0.6 is 0 Å². The van der Waals surface area contributed by atoms with Crippen molar-refractivity contribution in [1.82, 2.24) is 0 Å². The van der Waals surface area contributed by atoms with E-state index in [2.05, 4.69) is 9.99 Å². The minimum absolute atomic E-state index is 0.316. The average Bonchev–Trinajstić information content (AvgIpc) is 2.19. The van der Waals surface area contributed by atoms with Crippen molar-refractivity contribution < 1.29 is 9.23 Å². The molecular weight excluding hydrogens is 181 g/mol. The molecule has 0 saturated carbocycles.